The second-order valence-electron chi connectivity index (χ2n) is 8.56. The summed E-state index contributed by atoms with van der Waals surface area (Å²) in [5.74, 6) is -0.374. The van der Waals surface area contributed by atoms with E-state index in [1.165, 1.54) is 12.4 Å². The number of benzene rings is 1. The molecule has 0 unspecified atom stereocenters. The number of halogens is 3. The number of rotatable bonds is 8. The Balaban J connectivity index is 1.77. The Kier molecular flexibility index (Phi) is 6.93. The summed E-state index contributed by atoms with van der Waals surface area (Å²) in [6, 6.07) is 8.17. The number of likely N-dealkylation sites (N-methyl/N-ethyl adjacent to an activating group) is 1. The van der Waals surface area contributed by atoms with Crippen molar-refractivity contribution in [2.75, 3.05) is 20.6 Å². The predicted octanol–water partition coefficient (Wildman–Crippen LogP) is 4.11. The van der Waals surface area contributed by atoms with Gasteiger partial charge in [-0.3, -0.25) is 9.78 Å². The highest BCUT2D eigenvalue weighted by molar-refractivity contribution is 5.97. The van der Waals surface area contributed by atoms with Crippen LogP contribution in [0, 0.1) is 12.3 Å². The van der Waals surface area contributed by atoms with Crippen LogP contribution in [0.2, 0.25) is 0 Å². The number of hydrogen-bond donors (Lipinski definition) is 2. The molecule has 5 nitrogen and oxygen atoms in total. The fourth-order valence-corrected chi connectivity index (χ4v) is 3.85. The summed E-state index contributed by atoms with van der Waals surface area (Å²) < 4.78 is 41.4. The van der Waals surface area contributed by atoms with Gasteiger partial charge in [0, 0.05) is 31.1 Å². The minimum absolute atomic E-state index is 0.0358. The van der Waals surface area contributed by atoms with Crippen LogP contribution in [0.1, 0.15) is 29.5 Å². The number of alkyl halides is 3. The molecule has 0 bridgehead atoms. The molecule has 8 heteroatoms. The van der Waals surface area contributed by atoms with Crippen molar-refractivity contribution in [1.82, 2.24) is 15.2 Å². The van der Waals surface area contributed by atoms with Crippen LogP contribution in [-0.4, -0.2) is 53.8 Å². The molecule has 1 saturated carbocycles. The maximum Gasteiger partial charge on any atom is 0.398 e. The fourth-order valence-electron chi connectivity index (χ4n) is 3.85. The molecule has 1 aliphatic carbocycles. The smallest absolute Gasteiger partial charge is 0.398 e. The lowest BCUT2D eigenvalue weighted by Gasteiger charge is -2.26. The van der Waals surface area contributed by atoms with Crippen LogP contribution in [0.15, 0.2) is 48.8 Å². The number of allylic oxidation sites excluding steroid dienone is 1. The zero-order chi connectivity index (χ0) is 23.5. The first-order chi connectivity index (χ1) is 15.0. The van der Waals surface area contributed by atoms with Gasteiger partial charge in [-0.15, -0.1) is 0 Å². The average molecular weight is 448 g/mol. The molecule has 1 fully saturated rings. The monoisotopic (exact) mass is 447 g/mol. The Morgan fingerprint density at radius 2 is 2.03 bits per heavy atom. The quantitative estimate of drug-likeness (QED) is 0.598. The first-order valence-electron chi connectivity index (χ1n) is 10.5. The zero-order valence-corrected chi connectivity index (χ0v) is 18.4. The summed E-state index contributed by atoms with van der Waals surface area (Å²) in [4.78, 5) is 18.6. The Hall–Kier alpha value is -2.87. The van der Waals surface area contributed by atoms with Crippen LogP contribution in [0.3, 0.4) is 0 Å². The standard InChI is InChI=1S/C24H28F3N3O2/c1-16-11-20(31)7-6-17(16)12-19(30(2)3)15-29-22(32)13-21(18-5-4-10-28-14-18)23(8-9-23)24(25,26)27/h4-7,10-11,13-14,19,31H,8-9,12,15H2,1-3H3,(H,29,32)/b21-13-/t19-/m0/s1. The van der Waals surface area contributed by atoms with Gasteiger partial charge in [0.05, 0.1) is 5.41 Å². The molecule has 0 aliphatic heterocycles. The van der Waals surface area contributed by atoms with Gasteiger partial charge in [0.2, 0.25) is 5.91 Å². The van der Waals surface area contributed by atoms with Gasteiger partial charge in [0.25, 0.3) is 0 Å². The minimum Gasteiger partial charge on any atom is -0.508 e. The molecular formula is C24H28F3N3O2. The van der Waals surface area contributed by atoms with E-state index in [2.05, 4.69) is 10.3 Å². The van der Waals surface area contributed by atoms with Gasteiger partial charge in [0.15, 0.2) is 0 Å². The number of phenols is 1. The Morgan fingerprint density at radius 1 is 1.31 bits per heavy atom. The normalized spacial score (nSPS) is 16.7. The molecule has 0 radical (unpaired) electrons. The third-order valence-electron chi connectivity index (χ3n) is 6.08. The second-order valence-corrected chi connectivity index (χ2v) is 8.56. The number of aryl methyl sites for hydroxylation is 1. The van der Waals surface area contributed by atoms with Crippen LogP contribution >= 0.6 is 0 Å². The van der Waals surface area contributed by atoms with Crippen molar-refractivity contribution in [3.63, 3.8) is 0 Å². The van der Waals surface area contributed by atoms with Crippen molar-refractivity contribution in [1.29, 1.82) is 0 Å². The molecule has 1 atom stereocenters. The third-order valence-corrected chi connectivity index (χ3v) is 6.08. The van der Waals surface area contributed by atoms with E-state index < -0.39 is 17.5 Å². The summed E-state index contributed by atoms with van der Waals surface area (Å²) in [6.45, 7) is 2.16. The summed E-state index contributed by atoms with van der Waals surface area (Å²) in [5, 5.41) is 12.4. The van der Waals surface area contributed by atoms with Gasteiger partial charge < -0.3 is 15.3 Å². The van der Waals surface area contributed by atoms with Gasteiger partial charge in [-0.05, 0) is 80.7 Å². The number of aromatic hydroxyl groups is 1. The van der Waals surface area contributed by atoms with E-state index in [-0.39, 0.29) is 36.8 Å². The number of carbonyl (C=O) groups is 1. The van der Waals surface area contributed by atoms with Gasteiger partial charge in [0.1, 0.15) is 5.75 Å². The molecule has 2 aromatic rings. The summed E-state index contributed by atoms with van der Waals surface area (Å²) >= 11 is 0. The number of aromatic nitrogens is 1. The lowest BCUT2D eigenvalue weighted by molar-refractivity contribution is -0.168. The summed E-state index contributed by atoms with van der Waals surface area (Å²) in [6.07, 6.45) is 0.0387. The number of phenolic OH excluding ortho intramolecular Hbond substituents is 1. The maximum absolute atomic E-state index is 13.8. The molecule has 172 valence electrons. The molecule has 32 heavy (non-hydrogen) atoms. The van der Waals surface area contributed by atoms with Gasteiger partial charge >= 0.3 is 6.18 Å². The van der Waals surface area contributed by atoms with E-state index in [0.29, 0.717) is 12.0 Å². The molecule has 0 spiro atoms. The third kappa shape index (κ3) is 5.30. The highest BCUT2D eigenvalue weighted by Crippen LogP contribution is 2.64. The van der Waals surface area contributed by atoms with E-state index in [1.54, 1.807) is 24.3 Å². The number of pyridine rings is 1. The van der Waals surface area contributed by atoms with E-state index in [0.717, 1.165) is 17.2 Å². The predicted molar refractivity (Wildman–Crippen MR) is 117 cm³/mol. The van der Waals surface area contributed by atoms with Crippen molar-refractivity contribution >= 4 is 11.5 Å². The van der Waals surface area contributed by atoms with Crippen molar-refractivity contribution in [2.45, 2.75) is 38.4 Å². The molecule has 0 saturated heterocycles. The molecule has 1 aromatic heterocycles. The van der Waals surface area contributed by atoms with Crippen molar-refractivity contribution < 1.29 is 23.1 Å². The van der Waals surface area contributed by atoms with E-state index in [1.807, 2.05) is 32.0 Å². The van der Waals surface area contributed by atoms with E-state index >= 15 is 0 Å². The fraction of sp³-hybridized carbons (Fsp3) is 0.417. The molecular weight excluding hydrogens is 419 g/mol. The minimum atomic E-state index is -4.43. The second kappa shape index (κ2) is 9.32. The number of amides is 1. The maximum atomic E-state index is 13.8. The molecule has 1 aromatic carbocycles. The Morgan fingerprint density at radius 3 is 2.56 bits per heavy atom. The van der Waals surface area contributed by atoms with Gasteiger partial charge in [-0.2, -0.15) is 13.2 Å². The average Bonchev–Trinajstić information content (AvgIpc) is 3.53. The van der Waals surface area contributed by atoms with Crippen molar-refractivity contribution in [3.05, 3.63) is 65.5 Å². The van der Waals surface area contributed by atoms with Crippen LogP contribution in [-0.2, 0) is 11.2 Å². The van der Waals surface area contributed by atoms with Crippen molar-refractivity contribution in [3.8, 4) is 5.75 Å². The Labute approximate surface area is 186 Å². The molecule has 2 N–H and O–H groups in total. The zero-order valence-electron chi connectivity index (χ0n) is 18.4. The first-order valence-corrected chi connectivity index (χ1v) is 10.5. The molecule has 1 heterocycles. The Bertz CT molecular complexity index is 984. The molecule has 3 rings (SSSR count). The first kappa shape index (κ1) is 23.8. The van der Waals surface area contributed by atoms with E-state index in [9.17, 15) is 23.1 Å². The highest BCUT2D eigenvalue weighted by atomic mass is 19.4. The van der Waals surface area contributed by atoms with Gasteiger partial charge in [-0.1, -0.05) is 12.1 Å². The summed E-state index contributed by atoms with van der Waals surface area (Å²) in [5.41, 5.74) is 0.240. The topological polar surface area (TPSA) is 65.5 Å². The SMILES string of the molecule is Cc1cc(O)ccc1C[C@@H](CNC(=O)/C=C(/c1cccnc1)C1(C(F)(F)F)CC1)N(C)C. The lowest BCUT2D eigenvalue weighted by atomic mass is 9.89. The molecule has 1 amide bonds. The van der Waals surface area contributed by atoms with E-state index in [4.69, 9.17) is 0 Å². The highest BCUT2D eigenvalue weighted by Gasteiger charge is 2.65. The van der Waals surface area contributed by atoms with Crippen molar-refractivity contribution in [2.24, 2.45) is 5.41 Å². The van der Waals surface area contributed by atoms with Crippen LogP contribution in [0.4, 0.5) is 13.2 Å². The number of carbonyl (C=O) groups excluding carboxylic acids is 1. The summed E-state index contributed by atoms with van der Waals surface area (Å²) in [7, 11) is 3.76. The largest absolute Gasteiger partial charge is 0.508 e. The lowest BCUT2D eigenvalue weighted by Crippen LogP contribution is -2.41. The van der Waals surface area contributed by atoms with Crippen LogP contribution in [0.25, 0.3) is 5.57 Å². The molecule has 1 aliphatic rings. The van der Waals surface area contributed by atoms with Crippen LogP contribution in [0.5, 0.6) is 5.75 Å². The number of hydrogen-bond acceptors (Lipinski definition) is 4. The number of nitrogens with one attached hydrogen (secondary N) is 1. The van der Waals surface area contributed by atoms with Gasteiger partial charge in [-0.25, -0.2) is 0 Å². The van der Waals surface area contributed by atoms with Crippen LogP contribution < -0.4 is 5.32 Å². The number of nitrogens with zero attached hydrogens (tertiary/aromatic N) is 2.